The highest BCUT2D eigenvalue weighted by atomic mass is 19.4. The third kappa shape index (κ3) is 3.90. The van der Waals surface area contributed by atoms with Gasteiger partial charge >= 0.3 is 6.36 Å². The molecule has 1 aliphatic heterocycles. The molecule has 10 heteroatoms. The number of hydrogen-bond acceptors (Lipinski definition) is 6. The van der Waals surface area contributed by atoms with Crippen LogP contribution in [0.2, 0.25) is 0 Å². The zero-order valence-electron chi connectivity index (χ0n) is 13.0. The summed E-state index contributed by atoms with van der Waals surface area (Å²) in [5, 5.41) is 9.45. The number of alkyl halides is 3. The first kappa shape index (κ1) is 17.2. The predicted octanol–water partition coefficient (Wildman–Crippen LogP) is 1.76. The molecule has 3 rings (SSSR count). The van der Waals surface area contributed by atoms with Gasteiger partial charge in [0.15, 0.2) is 5.69 Å². The van der Waals surface area contributed by atoms with Gasteiger partial charge in [0.2, 0.25) is 5.89 Å². The molecule has 0 bridgehead atoms. The first-order valence-corrected chi connectivity index (χ1v) is 7.37. The number of likely N-dealkylation sites (tertiary alicyclic amines) is 1. The molecule has 1 amide bonds. The second kappa shape index (κ2) is 6.36. The molecular weight excluding hydrogens is 343 g/mol. The van der Waals surface area contributed by atoms with Crippen molar-refractivity contribution in [1.82, 2.24) is 14.9 Å². The van der Waals surface area contributed by atoms with Crippen LogP contribution >= 0.6 is 0 Å². The Morgan fingerprint density at radius 1 is 1.48 bits per heavy atom. The van der Waals surface area contributed by atoms with E-state index in [1.807, 2.05) is 0 Å². The van der Waals surface area contributed by atoms with Gasteiger partial charge in [-0.05, 0) is 19.1 Å². The van der Waals surface area contributed by atoms with Gasteiger partial charge in [-0.3, -0.25) is 9.78 Å². The van der Waals surface area contributed by atoms with Gasteiger partial charge in [-0.2, -0.15) is 0 Å². The van der Waals surface area contributed by atoms with E-state index in [0.717, 1.165) is 12.3 Å². The maximum atomic E-state index is 12.2. The second-order valence-electron chi connectivity index (χ2n) is 5.60. The van der Waals surface area contributed by atoms with Gasteiger partial charge in [0, 0.05) is 12.2 Å². The third-order valence-electron chi connectivity index (χ3n) is 3.83. The van der Waals surface area contributed by atoms with Gasteiger partial charge in [-0.1, -0.05) is 0 Å². The van der Waals surface area contributed by atoms with Crippen LogP contribution in [0.5, 0.6) is 5.75 Å². The number of aliphatic hydroxyl groups is 1. The average molecular weight is 357 g/mol. The lowest BCUT2D eigenvalue weighted by Gasteiger charge is -2.42. The van der Waals surface area contributed by atoms with Crippen LogP contribution in [0.4, 0.5) is 13.2 Å². The summed E-state index contributed by atoms with van der Waals surface area (Å²) in [4.78, 5) is 21.5. The van der Waals surface area contributed by atoms with Crippen molar-refractivity contribution in [2.24, 2.45) is 0 Å². The van der Waals surface area contributed by atoms with E-state index in [4.69, 9.17) is 4.42 Å². The van der Waals surface area contributed by atoms with Gasteiger partial charge < -0.3 is 19.2 Å². The lowest BCUT2D eigenvalue weighted by atomic mass is 10.0. The summed E-state index contributed by atoms with van der Waals surface area (Å²) in [7, 11) is 0. The van der Waals surface area contributed by atoms with Crippen LogP contribution < -0.4 is 4.74 Å². The lowest BCUT2D eigenvalue weighted by molar-refractivity contribution is -0.274. The van der Waals surface area contributed by atoms with Crippen molar-refractivity contribution in [3.05, 3.63) is 41.9 Å². The van der Waals surface area contributed by atoms with Crippen molar-refractivity contribution in [1.29, 1.82) is 0 Å². The number of ether oxygens (including phenoxy) is 1. The molecule has 0 aliphatic carbocycles. The number of aromatic nitrogens is 2. The molecule has 25 heavy (non-hydrogen) atoms. The molecule has 1 fully saturated rings. The molecule has 2 atom stereocenters. The lowest BCUT2D eigenvalue weighted by Crippen LogP contribution is -2.60. The molecule has 2 aromatic heterocycles. The summed E-state index contributed by atoms with van der Waals surface area (Å²) in [6.45, 7) is 1.96. The minimum atomic E-state index is -4.78. The minimum absolute atomic E-state index is 0.103. The molecule has 1 aliphatic rings. The zero-order valence-corrected chi connectivity index (χ0v) is 13.0. The van der Waals surface area contributed by atoms with Crippen LogP contribution in [0.3, 0.4) is 0 Å². The Kier molecular flexibility index (Phi) is 4.38. The van der Waals surface area contributed by atoms with Crippen LogP contribution in [0.1, 0.15) is 29.0 Å². The van der Waals surface area contributed by atoms with E-state index in [1.54, 1.807) is 6.92 Å². The van der Waals surface area contributed by atoms with Crippen LogP contribution in [0.15, 0.2) is 29.0 Å². The Hall–Kier alpha value is -2.62. The molecule has 1 N–H and O–H groups in total. The van der Waals surface area contributed by atoms with Gasteiger partial charge in [-0.25, -0.2) is 4.98 Å². The van der Waals surface area contributed by atoms with E-state index in [0.29, 0.717) is 5.69 Å². The summed E-state index contributed by atoms with van der Waals surface area (Å²) < 4.78 is 45.2. The highest BCUT2D eigenvalue weighted by molar-refractivity contribution is 5.92. The Morgan fingerprint density at radius 2 is 2.24 bits per heavy atom. The summed E-state index contributed by atoms with van der Waals surface area (Å²) in [5.41, 5.74) is 0.508. The number of nitrogens with zero attached hydrogens (tertiary/aromatic N) is 3. The Morgan fingerprint density at radius 3 is 2.80 bits per heavy atom. The van der Waals surface area contributed by atoms with Gasteiger partial charge in [-0.15, -0.1) is 13.2 Å². The number of hydrogen-bond donors (Lipinski definition) is 1. The first-order chi connectivity index (χ1) is 11.7. The molecule has 0 saturated carbocycles. The number of rotatable bonds is 4. The van der Waals surface area contributed by atoms with Crippen molar-refractivity contribution in [3.8, 4) is 5.75 Å². The summed E-state index contributed by atoms with van der Waals surface area (Å²) in [6.07, 6.45) is -3.06. The fraction of sp³-hybridized carbons (Fsp3) is 0.400. The Balaban J connectivity index is 1.62. The van der Waals surface area contributed by atoms with Gasteiger partial charge in [0.05, 0.1) is 24.8 Å². The summed E-state index contributed by atoms with van der Waals surface area (Å²) in [5.74, 6) is -0.575. The number of oxazole rings is 1. The molecular formula is C15H14F3N3O4. The SMILES string of the molecule is C[C@H]1[C@@H](O)CN1C(=O)c1coc(Cc2ccc(OC(F)(F)F)cn2)n1. The maximum Gasteiger partial charge on any atom is 0.573 e. The molecule has 2 aromatic rings. The van der Waals surface area contributed by atoms with E-state index in [-0.39, 0.29) is 36.5 Å². The fourth-order valence-corrected chi connectivity index (χ4v) is 2.36. The normalized spacial score (nSPS) is 20.3. The Bertz CT molecular complexity index is 760. The molecule has 3 heterocycles. The standard InChI is InChI=1S/C15H14F3N3O4/c1-8-12(22)6-21(8)14(23)11-7-24-13(20-11)4-9-2-3-10(5-19-9)25-15(16,17)18/h2-3,5,7-8,12,22H,4,6H2,1H3/t8-,12-/m0/s1. The smallest absolute Gasteiger partial charge is 0.448 e. The highest BCUT2D eigenvalue weighted by Gasteiger charge is 2.38. The first-order valence-electron chi connectivity index (χ1n) is 7.37. The molecule has 0 unspecified atom stereocenters. The Labute approximate surface area is 140 Å². The van der Waals surface area contributed by atoms with Crippen LogP contribution in [-0.2, 0) is 6.42 Å². The quantitative estimate of drug-likeness (QED) is 0.897. The van der Waals surface area contributed by atoms with Crippen LogP contribution in [0, 0.1) is 0 Å². The number of amides is 1. The maximum absolute atomic E-state index is 12.2. The molecule has 0 aromatic carbocycles. The van der Waals surface area contributed by atoms with E-state index in [1.165, 1.54) is 17.2 Å². The second-order valence-corrected chi connectivity index (χ2v) is 5.60. The summed E-state index contributed by atoms with van der Waals surface area (Å²) >= 11 is 0. The molecule has 134 valence electrons. The monoisotopic (exact) mass is 357 g/mol. The van der Waals surface area contributed by atoms with E-state index in [9.17, 15) is 23.1 Å². The third-order valence-corrected chi connectivity index (χ3v) is 3.83. The largest absolute Gasteiger partial charge is 0.573 e. The molecule has 1 saturated heterocycles. The number of aliphatic hydroxyl groups excluding tert-OH is 1. The molecule has 7 nitrogen and oxygen atoms in total. The topological polar surface area (TPSA) is 88.7 Å². The molecule has 0 radical (unpaired) electrons. The van der Waals surface area contributed by atoms with Crippen molar-refractivity contribution < 1.29 is 32.2 Å². The predicted molar refractivity (Wildman–Crippen MR) is 76.7 cm³/mol. The average Bonchev–Trinajstić information content (AvgIpc) is 3.00. The van der Waals surface area contributed by atoms with Gasteiger partial charge in [0.25, 0.3) is 5.91 Å². The fourth-order valence-electron chi connectivity index (χ4n) is 2.36. The zero-order chi connectivity index (χ0) is 18.2. The number of carbonyl (C=O) groups is 1. The number of pyridine rings is 1. The highest BCUT2D eigenvalue weighted by Crippen LogP contribution is 2.23. The number of β-amino-alcohol motifs (C(OH)–C–C–N with tert-alkyl or cyclic N) is 1. The number of carbonyl (C=O) groups excluding carboxylic acids is 1. The van der Waals surface area contributed by atoms with Crippen molar-refractivity contribution >= 4 is 5.91 Å². The van der Waals surface area contributed by atoms with E-state index >= 15 is 0 Å². The van der Waals surface area contributed by atoms with Crippen LogP contribution in [-0.4, -0.2) is 50.9 Å². The van der Waals surface area contributed by atoms with E-state index < -0.39 is 18.2 Å². The van der Waals surface area contributed by atoms with Crippen molar-refractivity contribution in [2.45, 2.75) is 31.9 Å². The van der Waals surface area contributed by atoms with Gasteiger partial charge in [0.1, 0.15) is 12.0 Å². The van der Waals surface area contributed by atoms with Crippen molar-refractivity contribution in [3.63, 3.8) is 0 Å². The van der Waals surface area contributed by atoms with Crippen molar-refractivity contribution in [2.75, 3.05) is 6.54 Å². The number of halogens is 3. The van der Waals surface area contributed by atoms with Crippen LogP contribution in [0.25, 0.3) is 0 Å². The van der Waals surface area contributed by atoms with E-state index in [2.05, 4.69) is 14.7 Å². The molecule has 0 spiro atoms. The summed E-state index contributed by atoms with van der Waals surface area (Å²) in [6, 6.07) is 2.20. The minimum Gasteiger partial charge on any atom is -0.448 e.